The van der Waals surface area contributed by atoms with Crippen LogP contribution in [0.3, 0.4) is 0 Å². The van der Waals surface area contributed by atoms with Gasteiger partial charge in [-0.3, -0.25) is 4.79 Å². The predicted molar refractivity (Wildman–Crippen MR) is 93.1 cm³/mol. The highest BCUT2D eigenvalue weighted by molar-refractivity contribution is 6.31. The molecule has 24 heavy (non-hydrogen) atoms. The van der Waals surface area contributed by atoms with Gasteiger partial charge in [0.25, 0.3) is 5.56 Å². The normalized spacial score (nSPS) is 12.4. The number of halogens is 1. The third-order valence-corrected chi connectivity index (χ3v) is 4.04. The highest BCUT2D eigenvalue weighted by Crippen LogP contribution is 2.15. The molecule has 0 aliphatic carbocycles. The molecular formula is C18H17ClN2O3. The van der Waals surface area contributed by atoms with Gasteiger partial charge in [0.1, 0.15) is 0 Å². The van der Waals surface area contributed by atoms with Crippen LogP contribution < -0.4 is 5.56 Å². The Balaban J connectivity index is 1.61. The van der Waals surface area contributed by atoms with Crippen molar-refractivity contribution in [1.29, 1.82) is 0 Å². The maximum Gasteiger partial charge on any atom is 0.274 e. The van der Waals surface area contributed by atoms with Crippen molar-refractivity contribution < 1.29 is 9.84 Å². The van der Waals surface area contributed by atoms with E-state index in [0.29, 0.717) is 17.0 Å². The van der Waals surface area contributed by atoms with Crippen LogP contribution in [-0.2, 0) is 17.9 Å². The third kappa shape index (κ3) is 3.82. The number of hydrogen-bond donors (Lipinski definition) is 1. The minimum absolute atomic E-state index is 0.0756. The summed E-state index contributed by atoms with van der Waals surface area (Å²) in [6.45, 7) is 0.467. The van der Waals surface area contributed by atoms with Gasteiger partial charge in [0.2, 0.25) is 0 Å². The minimum Gasteiger partial charge on any atom is -0.389 e. The lowest BCUT2D eigenvalue weighted by Crippen LogP contribution is -2.31. The molecule has 3 aromatic rings. The van der Waals surface area contributed by atoms with Crippen molar-refractivity contribution in [2.45, 2.75) is 19.3 Å². The molecule has 1 N–H and O–H groups in total. The summed E-state index contributed by atoms with van der Waals surface area (Å²) >= 11 is 6.05. The molecule has 0 fully saturated rings. The topological polar surface area (TPSA) is 64.4 Å². The molecule has 6 heteroatoms. The second-order valence-corrected chi connectivity index (χ2v) is 5.89. The van der Waals surface area contributed by atoms with Gasteiger partial charge in [-0.25, -0.2) is 4.68 Å². The van der Waals surface area contributed by atoms with Gasteiger partial charge >= 0.3 is 0 Å². The molecule has 1 aromatic heterocycles. The van der Waals surface area contributed by atoms with Crippen molar-refractivity contribution in [1.82, 2.24) is 9.78 Å². The van der Waals surface area contributed by atoms with E-state index in [9.17, 15) is 9.90 Å². The molecule has 0 radical (unpaired) electrons. The molecule has 124 valence electrons. The van der Waals surface area contributed by atoms with Gasteiger partial charge in [0, 0.05) is 10.4 Å². The van der Waals surface area contributed by atoms with Gasteiger partial charge in [-0.15, -0.1) is 0 Å². The second-order valence-electron chi connectivity index (χ2n) is 5.48. The molecule has 0 saturated heterocycles. The maximum absolute atomic E-state index is 12.3. The van der Waals surface area contributed by atoms with E-state index < -0.39 is 6.10 Å². The predicted octanol–water partition coefficient (Wildman–Crippen LogP) is 2.63. The fraction of sp³-hybridized carbons (Fsp3) is 0.222. The monoisotopic (exact) mass is 344 g/mol. The van der Waals surface area contributed by atoms with Crippen molar-refractivity contribution >= 4 is 22.4 Å². The smallest absolute Gasteiger partial charge is 0.274 e. The average Bonchev–Trinajstić information content (AvgIpc) is 2.59. The van der Waals surface area contributed by atoms with Crippen molar-refractivity contribution in [3.63, 3.8) is 0 Å². The van der Waals surface area contributed by atoms with Crippen LogP contribution in [0.2, 0.25) is 5.02 Å². The van der Waals surface area contributed by atoms with Crippen LogP contribution in [0, 0.1) is 0 Å². The van der Waals surface area contributed by atoms with Crippen molar-refractivity contribution in [3.8, 4) is 0 Å². The molecular weight excluding hydrogens is 328 g/mol. The van der Waals surface area contributed by atoms with E-state index >= 15 is 0 Å². The molecule has 0 spiro atoms. The highest BCUT2D eigenvalue weighted by atomic mass is 35.5. The van der Waals surface area contributed by atoms with E-state index in [1.54, 1.807) is 24.4 Å². The van der Waals surface area contributed by atoms with E-state index in [1.165, 1.54) is 4.68 Å². The van der Waals surface area contributed by atoms with Crippen molar-refractivity contribution in [2.75, 3.05) is 6.61 Å². The molecule has 5 nitrogen and oxygen atoms in total. The Bertz CT molecular complexity index is 895. The van der Waals surface area contributed by atoms with Crippen molar-refractivity contribution in [3.05, 3.63) is 75.7 Å². The lowest BCUT2D eigenvalue weighted by atomic mass is 10.2. The number of ether oxygens (including phenoxy) is 1. The van der Waals surface area contributed by atoms with Gasteiger partial charge in [0.15, 0.2) is 0 Å². The number of rotatable bonds is 6. The Kier molecular flexibility index (Phi) is 5.25. The quantitative estimate of drug-likeness (QED) is 0.746. The van der Waals surface area contributed by atoms with Crippen LogP contribution in [0.15, 0.2) is 59.5 Å². The highest BCUT2D eigenvalue weighted by Gasteiger charge is 2.10. The molecule has 0 bridgehead atoms. The summed E-state index contributed by atoms with van der Waals surface area (Å²) in [5.41, 5.74) is 0.630. The zero-order valence-electron chi connectivity index (χ0n) is 12.9. The second kappa shape index (κ2) is 7.57. The van der Waals surface area contributed by atoms with Gasteiger partial charge in [-0.05, 0) is 17.7 Å². The lowest BCUT2D eigenvalue weighted by Gasteiger charge is -2.13. The largest absolute Gasteiger partial charge is 0.389 e. The van der Waals surface area contributed by atoms with Crippen LogP contribution in [-0.4, -0.2) is 27.6 Å². The van der Waals surface area contributed by atoms with Crippen LogP contribution in [0.4, 0.5) is 0 Å². The molecule has 0 amide bonds. The zero-order chi connectivity index (χ0) is 16.9. The SMILES string of the molecule is O=c1c2ccccc2cnn1C[C@@H](O)COCc1ccccc1Cl. The number of aromatic nitrogens is 2. The van der Waals surface area contributed by atoms with Gasteiger partial charge < -0.3 is 9.84 Å². The number of fused-ring (bicyclic) bond motifs is 1. The van der Waals surface area contributed by atoms with E-state index in [2.05, 4.69) is 5.10 Å². The maximum atomic E-state index is 12.3. The number of hydrogen-bond acceptors (Lipinski definition) is 4. The third-order valence-electron chi connectivity index (χ3n) is 3.67. The van der Waals surface area contributed by atoms with Gasteiger partial charge in [-0.2, -0.15) is 5.10 Å². The zero-order valence-corrected chi connectivity index (χ0v) is 13.7. The van der Waals surface area contributed by atoms with Crippen molar-refractivity contribution in [2.24, 2.45) is 0 Å². The fourth-order valence-electron chi connectivity index (χ4n) is 2.43. The Morgan fingerprint density at radius 1 is 1.17 bits per heavy atom. The Hall–Kier alpha value is -2.21. The lowest BCUT2D eigenvalue weighted by molar-refractivity contribution is 0.0181. The molecule has 0 unspecified atom stereocenters. The van der Waals surface area contributed by atoms with Crippen LogP contribution >= 0.6 is 11.6 Å². The number of nitrogens with zero attached hydrogens (tertiary/aromatic N) is 2. The Labute approximate surface area is 144 Å². The van der Waals surface area contributed by atoms with Crippen LogP contribution in [0.5, 0.6) is 0 Å². The average molecular weight is 345 g/mol. The number of benzene rings is 2. The first-order valence-electron chi connectivity index (χ1n) is 7.59. The summed E-state index contributed by atoms with van der Waals surface area (Å²) < 4.78 is 6.74. The summed E-state index contributed by atoms with van der Waals surface area (Å²) in [7, 11) is 0. The number of aliphatic hydroxyl groups is 1. The van der Waals surface area contributed by atoms with E-state index in [-0.39, 0.29) is 18.7 Å². The summed E-state index contributed by atoms with van der Waals surface area (Å²) in [6, 6.07) is 14.6. The molecule has 0 aliphatic rings. The van der Waals surface area contributed by atoms with Gasteiger partial charge in [0.05, 0.1) is 37.4 Å². The Morgan fingerprint density at radius 2 is 1.92 bits per heavy atom. The molecule has 1 heterocycles. The summed E-state index contributed by atoms with van der Waals surface area (Å²) in [5, 5.41) is 16.2. The summed E-state index contributed by atoms with van der Waals surface area (Å²) in [4.78, 5) is 12.3. The van der Waals surface area contributed by atoms with E-state index in [0.717, 1.165) is 10.9 Å². The van der Waals surface area contributed by atoms with E-state index in [1.807, 2.05) is 30.3 Å². The minimum atomic E-state index is -0.834. The first-order valence-corrected chi connectivity index (χ1v) is 7.97. The molecule has 0 saturated carbocycles. The number of aliphatic hydroxyl groups excluding tert-OH is 1. The first kappa shape index (κ1) is 16.6. The fourth-order valence-corrected chi connectivity index (χ4v) is 2.62. The standard InChI is InChI=1S/C18H17ClN2O3/c19-17-8-4-2-6-14(17)11-24-12-15(22)10-21-18(23)16-7-3-1-5-13(16)9-20-21/h1-9,15,22H,10-12H2/t15-/m1/s1. The first-order chi connectivity index (χ1) is 11.6. The Morgan fingerprint density at radius 3 is 2.75 bits per heavy atom. The molecule has 0 aliphatic heterocycles. The van der Waals surface area contributed by atoms with E-state index in [4.69, 9.17) is 16.3 Å². The molecule has 2 aromatic carbocycles. The summed E-state index contributed by atoms with van der Waals surface area (Å²) in [5.74, 6) is 0. The summed E-state index contributed by atoms with van der Waals surface area (Å²) in [6.07, 6.45) is 0.785. The van der Waals surface area contributed by atoms with Crippen LogP contribution in [0.1, 0.15) is 5.56 Å². The molecule has 3 rings (SSSR count). The molecule has 1 atom stereocenters. The van der Waals surface area contributed by atoms with Gasteiger partial charge in [-0.1, -0.05) is 48.0 Å². The van der Waals surface area contributed by atoms with Crippen LogP contribution in [0.25, 0.3) is 10.8 Å².